The van der Waals surface area contributed by atoms with Gasteiger partial charge in [-0.05, 0) is 73.4 Å². The summed E-state index contributed by atoms with van der Waals surface area (Å²) in [6, 6.07) is 17.1. The van der Waals surface area contributed by atoms with Crippen LogP contribution >= 0.6 is 0 Å². The normalized spacial score (nSPS) is 20.9. The van der Waals surface area contributed by atoms with E-state index in [2.05, 4.69) is 16.7 Å². The van der Waals surface area contributed by atoms with Gasteiger partial charge in [-0.2, -0.15) is 0 Å². The van der Waals surface area contributed by atoms with Gasteiger partial charge in [0, 0.05) is 48.7 Å². The van der Waals surface area contributed by atoms with Crippen LogP contribution < -0.4 is 16.2 Å². The number of aryl methyl sites for hydroxylation is 1. The third-order valence-corrected chi connectivity index (χ3v) is 10.2. The van der Waals surface area contributed by atoms with Crippen LogP contribution in [0.5, 0.6) is 11.5 Å². The van der Waals surface area contributed by atoms with Crippen LogP contribution in [0, 0.1) is 11.8 Å². The number of hydrogen-bond donors (Lipinski definition) is 3. The number of likely N-dealkylation sites (tertiary alicyclic amines) is 1. The molecule has 3 aromatic carbocycles. The Hall–Kier alpha value is -4.83. The SMILES string of the molecule is COc1cc(C(=O)N2C[C@H]3CC[C@@H]2[C@@H]3N)cc2nc(-c3cc4cccc(-c5ccc(O)c(C(N)=O)c5)c4n3CC3CC3)n(C)c12. The molecule has 10 nitrogen and oxygen atoms in total. The number of carbonyl (C=O) groups excluding carboxylic acids is 2. The number of primary amides is 1. The Morgan fingerprint density at radius 3 is 2.56 bits per heavy atom. The minimum absolute atomic E-state index is 0.0261. The van der Waals surface area contributed by atoms with Gasteiger partial charge >= 0.3 is 0 Å². The van der Waals surface area contributed by atoms with E-state index in [9.17, 15) is 14.7 Å². The van der Waals surface area contributed by atoms with Gasteiger partial charge in [0.2, 0.25) is 0 Å². The lowest BCUT2D eigenvalue weighted by Gasteiger charge is -2.27. The van der Waals surface area contributed by atoms with Gasteiger partial charge in [-0.1, -0.05) is 24.3 Å². The van der Waals surface area contributed by atoms with Crippen molar-refractivity contribution in [3.8, 4) is 34.1 Å². The van der Waals surface area contributed by atoms with Crippen molar-refractivity contribution in [3.63, 3.8) is 0 Å². The van der Waals surface area contributed by atoms with E-state index < -0.39 is 5.91 Å². The molecule has 3 fully saturated rings. The van der Waals surface area contributed by atoms with Crippen LogP contribution in [0.15, 0.2) is 54.6 Å². The van der Waals surface area contributed by atoms with Gasteiger partial charge in [-0.3, -0.25) is 9.59 Å². The number of rotatable bonds is 7. The first-order valence-corrected chi connectivity index (χ1v) is 15.6. The van der Waals surface area contributed by atoms with Crippen molar-refractivity contribution in [2.24, 2.45) is 30.4 Å². The first kappa shape index (κ1) is 27.7. The molecule has 8 rings (SSSR count). The van der Waals surface area contributed by atoms with Gasteiger partial charge in [0.15, 0.2) is 5.82 Å². The summed E-state index contributed by atoms with van der Waals surface area (Å²) in [6.07, 6.45) is 4.36. The molecular weight excluding hydrogens is 568 g/mol. The average molecular weight is 605 g/mol. The minimum atomic E-state index is -0.679. The van der Waals surface area contributed by atoms with E-state index in [1.165, 1.54) is 6.07 Å². The van der Waals surface area contributed by atoms with Gasteiger partial charge in [0.25, 0.3) is 11.8 Å². The van der Waals surface area contributed by atoms with Gasteiger partial charge in [0.1, 0.15) is 17.0 Å². The fraction of sp³-hybridized carbons (Fsp3) is 0.343. The number of phenols is 1. The van der Waals surface area contributed by atoms with Gasteiger partial charge in [0.05, 0.1) is 29.4 Å². The highest BCUT2D eigenvalue weighted by Gasteiger charge is 2.47. The molecule has 2 saturated carbocycles. The number of methoxy groups -OCH3 is 1. The largest absolute Gasteiger partial charge is 0.507 e. The summed E-state index contributed by atoms with van der Waals surface area (Å²) in [7, 11) is 3.60. The molecule has 2 amide bonds. The van der Waals surface area contributed by atoms with Crippen molar-refractivity contribution in [3.05, 3.63) is 65.7 Å². The molecule has 0 radical (unpaired) electrons. The zero-order chi connectivity index (χ0) is 31.1. The lowest BCUT2D eigenvalue weighted by molar-refractivity contribution is 0.0700. The van der Waals surface area contributed by atoms with Crippen molar-refractivity contribution >= 4 is 33.8 Å². The number of aromatic nitrogens is 3. The molecule has 3 aliphatic rings. The molecule has 0 spiro atoms. The predicted molar refractivity (Wildman–Crippen MR) is 172 cm³/mol. The molecule has 45 heavy (non-hydrogen) atoms. The lowest BCUT2D eigenvalue weighted by atomic mass is 10.00. The molecule has 3 heterocycles. The molecule has 5 aromatic rings. The molecular formula is C35H36N6O4. The number of hydrogen-bond acceptors (Lipinski definition) is 6. The van der Waals surface area contributed by atoms with E-state index in [1.54, 1.807) is 13.2 Å². The number of nitrogens with two attached hydrogens (primary N) is 2. The van der Waals surface area contributed by atoms with Crippen LogP contribution in [0.25, 0.3) is 44.6 Å². The van der Waals surface area contributed by atoms with Crippen molar-refractivity contribution < 1.29 is 19.4 Å². The van der Waals surface area contributed by atoms with E-state index >= 15 is 0 Å². The summed E-state index contributed by atoms with van der Waals surface area (Å²) >= 11 is 0. The third-order valence-electron chi connectivity index (χ3n) is 10.2. The van der Waals surface area contributed by atoms with Crippen LogP contribution in [0.2, 0.25) is 0 Å². The molecule has 2 aliphatic carbocycles. The topological polar surface area (TPSA) is 142 Å². The highest BCUT2D eigenvalue weighted by Crippen LogP contribution is 2.42. The number of fused-ring (bicyclic) bond motifs is 4. The second-order valence-electron chi connectivity index (χ2n) is 12.9. The molecule has 10 heteroatoms. The van der Waals surface area contributed by atoms with E-state index in [0.717, 1.165) is 71.3 Å². The number of ether oxygens (including phenoxy) is 1. The Balaban J connectivity index is 1.28. The first-order chi connectivity index (χ1) is 21.7. The minimum Gasteiger partial charge on any atom is -0.507 e. The summed E-state index contributed by atoms with van der Waals surface area (Å²) in [4.78, 5) is 32.9. The lowest BCUT2D eigenvalue weighted by Crippen LogP contribution is -2.41. The quantitative estimate of drug-likeness (QED) is 0.247. The number of aromatic hydroxyl groups is 1. The standard InChI is InChI=1S/C35H36N6O4/c1-39-32-25(13-22(15-29(32)45-2)35(44)41-17-21-8-10-26(41)30(21)36)38-34(39)27-14-20-4-3-5-23(31(20)40(27)16-18-6-7-18)19-9-11-28(42)24(12-19)33(37)43/h3-5,9,11-15,18,21,26,30,42H,6-8,10,16-17,36H2,1-2H3,(H2,37,43)/t21-,26-,30-/m1/s1. The van der Waals surface area contributed by atoms with E-state index in [4.69, 9.17) is 21.2 Å². The van der Waals surface area contributed by atoms with E-state index in [0.29, 0.717) is 35.2 Å². The number of nitrogens with zero attached hydrogens (tertiary/aromatic N) is 4. The molecule has 2 aromatic heterocycles. The zero-order valence-corrected chi connectivity index (χ0v) is 25.4. The van der Waals surface area contributed by atoms with Gasteiger partial charge in [-0.15, -0.1) is 0 Å². The Kier molecular flexibility index (Phi) is 6.22. The number of para-hydroxylation sites is 1. The summed E-state index contributed by atoms with van der Waals surface area (Å²) in [5, 5.41) is 11.3. The number of carbonyl (C=O) groups is 2. The van der Waals surface area contributed by atoms with Gasteiger partial charge in [-0.25, -0.2) is 4.98 Å². The highest BCUT2D eigenvalue weighted by atomic mass is 16.5. The fourth-order valence-electron chi connectivity index (χ4n) is 7.66. The summed E-state index contributed by atoms with van der Waals surface area (Å²) in [6.45, 7) is 1.52. The van der Waals surface area contributed by atoms with Crippen molar-refractivity contribution in [1.29, 1.82) is 0 Å². The van der Waals surface area contributed by atoms with Crippen molar-refractivity contribution in [2.45, 2.75) is 44.3 Å². The smallest absolute Gasteiger partial charge is 0.254 e. The highest BCUT2D eigenvalue weighted by molar-refractivity contribution is 6.03. The third kappa shape index (κ3) is 4.30. The Bertz CT molecular complexity index is 2040. The van der Waals surface area contributed by atoms with Crippen LogP contribution in [-0.4, -0.2) is 61.7 Å². The van der Waals surface area contributed by atoms with E-state index in [1.807, 2.05) is 46.8 Å². The van der Waals surface area contributed by atoms with Crippen molar-refractivity contribution in [1.82, 2.24) is 19.0 Å². The fourth-order valence-corrected chi connectivity index (χ4v) is 7.66. The number of benzene rings is 3. The first-order valence-electron chi connectivity index (χ1n) is 15.6. The van der Waals surface area contributed by atoms with Gasteiger partial charge < -0.3 is 35.3 Å². The summed E-state index contributed by atoms with van der Waals surface area (Å²) in [5.41, 5.74) is 17.8. The number of piperidine rings is 1. The average Bonchev–Trinajstić information content (AvgIpc) is 3.42. The number of amides is 2. The second kappa shape index (κ2) is 10.1. The maximum Gasteiger partial charge on any atom is 0.254 e. The molecule has 5 N–H and O–H groups in total. The van der Waals surface area contributed by atoms with E-state index in [-0.39, 0.29) is 29.3 Å². The van der Waals surface area contributed by atoms with Crippen LogP contribution in [0.3, 0.4) is 0 Å². The maximum atomic E-state index is 13.7. The summed E-state index contributed by atoms with van der Waals surface area (Å²) < 4.78 is 10.2. The Labute approximate surface area is 260 Å². The van der Waals surface area contributed by atoms with Crippen LogP contribution in [-0.2, 0) is 13.6 Å². The molecule has 3 atom stereocenters. The molecule has 2 bridgehead atoms. The predicted octanol–water partition coefficient (Wildman–Crippen LogP) is 4.65. The number of imidazole rings is 1. The van der Waals surface area contributed by atoms with Crippen LogP contribution in [0.4, 0.5) is 0 Å². The summed E-state index contributed by atoms with van der Waals surface area (Å²) in [5.74, 6) is 1.45. The van der Waals surface area contributed by atoms with Crippen LogP contribution in [0.1, 0.15) is 46.4 Å². The maximum absolute atomic E-state index is 13.7. The Morgan fingerprint density at radius 1 is 1.04 bits per heavy atom. The van der Waals surface area contributed by atoms with Crippen molar-refractivity contribution in [2.75, 3.05) is 13.7 Å². The molecule has 0 unspecified atom stereocenters. The molecule has 230 valence electrons. The monoisotopic (exact) mass is 604 g/mol. The Morgan fingerprint density at radius 2 is 1.87 bits per heavy atom. The molecule has 1 saturated heterocycles. The zero-order valence-electron chi connectivity index (χ0n) is 25.4. The second-order valence-corrected chi connectivity index (χ2v) is 12.9. The molecule has 1 aliphatic heterocycles.